The fourth-order valence-electron chi connectivity index (χ4n) is 2.03. The molecule has 0 spiro atoms. The second-order valence-electron chi connectivity index (χ2n) is 5.19. The minimum Gasteiger partial charge on any atom is -0.461 e. The Hall–Kier alpha value is -2.21. The monoisotopic (exact) mass is 305 g/mol. The summed E-state index contributed by atoms with van der Waals surface area (Å²) in [7, 11) is 3.94. The lowest BCUT2D eigenvalue weighted by Crippen LogP contribution is -2.19. The van der Waals surface area contributed by atoms with Crippen LogP contribution in [-0.4, -0.2) is 47.9 Å². The second kappa shape index (κ2) is 7.17. The average Bonchev–Trinajstić information content (AvgIpc) is 2.90. The zero-order valence-corrected chi connectivity index (χ0v) is 13.0. The van der Waals surface area contributed by atoms with Crippen LogP contribution in [0.4, 0.5) is 4.39 Å². The summed E-state index contributed by atoms with van der Waals surface area (Å²) >= 11 is 0. The molecule has 0 fully saturated rings. The van der Waals surface area contributed by atoms with Crippen LogP contribution in [0.3, 0.4) is 0 Å². The topological polar surface area (TPSA) is 47.4 Å². The van der Waals surface area contributed by atoms with Crippen molar-refractivity contribution in [3.8, 4) is 11.1 Å². The van der Waals surface area contributed by atoms with Crippen LogP contribution in [0.5, 0.6) is 0 Å². The van der Waals surface area contributed by atoms with E-state index in [4.69, 9.17) is 4.74 Å². The van der Waals surface area contributed by atoms with Crippen molar-refractivity contribution in [1.29, 1.82) is 0 Å². The van der Waals surface area contributed by atoms with Gasteiger partial charge in [0.2, 0.25) is 0 Å². The molecule has 0 bridgehead atoms. The van der Waals surface area contributed by atoms with Gasteiger partial charge >= 0.3 is 5.97 Å². The molecule has 0 radical (unpaired) electrons. The lowest BCUT2D eigenvalue weighted by molar-refractivity contribution is 0.0519. The van der Waals surface area contributed by atoms with Gasteiger partial charge in [0.25, 0.3) is 0 Å². The summed E-state index contributed by atoms with van der Waals surface area (Å²) in [5.41, 5.74) is 1.64. The molecule has 0 amide bonds. The fourth-order valence-corrected chi connectivity index (χ4v) is 2.03. The van der Waals surface area contributed by atoms with Crippen LogP contribution in [0, 0.1) is 5.82 Å². The lowest BCUT2D eigenvalue weighted by Gasteiger charge is -2.08. The summed E-state index contributed by atoms with van der Waals surface area (Å²) in [6.07, 6.45) is 1.79. The number of likely N-dealkylation sites (N-methyl/N-ethyl adjacent to an activating group) is 1. The summed E-state index contributed by atoms with van der Waals surface area (Å²) in [6, 6.07) is 5.99. The molecule has 1 aromatic heterocycles. The van der Waals surface area contributed by atoms with Gasteiger partial charge in [0.1, 0.15) is 5.82 Å². The Kier molecular flexibility index (Phi) is 5.27. The Bertz CT molecular complexity index is 635. The first-order chi connectivity index (χ1) is 10.5. The van der Waals surface area contributed by atoms with E-state index in [-0.39, 0.29) is 18.1 Å². The van der Waals surface area contributed by atoms with E-state index in [9.17, 15) is 9.18 Å². The molecule has 0 N–H and O–H groups in total. The van der Waals surface area contributed by atoms with E-state index >= 15 is 0 Å². The van der Waals surface area contributed by atoms with Crippen molar-refractivity contribution in [2.45, 2.75) is 13.5 Å². The molecule has 0 aliphatic heterocycles. The van der Waals surface area contributed by atoms with Crippen molar-refractivity contribution < 1.29 is 13.9 Å². The van der Waals surface area contributed by atoms with Gasteiger partial charge in [-0.25, -0.2) is 9.18 Å². The first-order valence-corrected chi connectivity index (χ1v) is 7.16. The van der Waals surface area contributed by atoms with Crippen molar-refractivity contribution in [1.82, 2.24) is 14.7 Å². The summed E-state index contributed by atoms with van der Waals surface area (Å²) < 4.78 is 19.8. The molecule has 0 aliphatic rings. The van der Waals surface area contributed by atoms with Crippen molar-refractivity contribution in [3.63, 3.8) is 0 Å². The lowest BCUT2D eigenvalue weighted by atomic mass is 10.1. The summed E-state index contributed by atoms with van der Waals surface area (Å²) in [6.45, 7) is 3.48. The highest BCUT2D eigenvalue weighted by atomic mass is 19.1. The van der Waals surface area contributed by atoms with E-state index in [1.54, 1.807) is 29.9 Å². The zero-order chi connectivity index (χ0) is 16.1. The number of esters is 1. The molecule has 1 aromatic carbocycles. The Labute approximate surface area is 129 Å². The van der Waals surface area contributed by atoms with Crippen LogP contribution in [0.1, 0.15) is 17.4 Å². The van der Waals surface area contributed by atoms with E-state index in [2.05, 4.69) is 5.10 Å². The number of carbonyl (C=O) groups excluding carboxylic acids is 1. The smallest absolute Gasteiger partial charge is 0.359 e. The first kappa shape index (κ1) is 16.2. The Morgan fingerprint density at radius 3 is 2.59 bits per heavy atom. The van der Waals surface area contributed by atoms with Gasteiger partial charge in [-0.3, -0.25) is 4.68 Å². The summed E-state index contributed by atoms with van der Waals surface area (Å²) in [5.74, 6) is -0.785. The molecule has 2 rings (SSSR count). The molecule has 0 saturated carbocycles. The number of benzene rings is 1. The SMILES string of the molecule is CCOC(=O)c1nn(CCN(C)C)cc1-c1ccc(F)cc1. The van der Waals surface area contributed by atoms with E-state index in [1.165, 1.54) is 12.1 Å². The van der Waals surface area contributed by atoms with Crippen LogP contribution in [0.25, 0.3) is 11.1 Å². The van der Waals surface area contributed by atoms with Gasteiger partial charge in [0.15, 0.2) is 5.69 Å². The third kappa shape index (κ3) is 3.92. The number of halogens is 1. The highest BCUT2D eigenvalue weighted by molar-refractivity contribution is 5.95. The van der Waals surface area contributed by atoms with Gasteiger partial charge in [-0.2, -0.15) is 5.10 Å². The standard InChI is InChI=1S/C16H20FN3O2/c1-4-22-16(21)15-14(12-5-7-13(17)8-6-12)11-20(18-15)10-9-19(2)3/h5-8,11H,4,9-10H2,1-3H3. The van der Waals surface area contributed by atoms with Gasteiger partial charge in [-0.05, 0) is 38.7 Å². The number of ether oxygens (including phenoxy) is 1. The number of rotatable bonds is 6. The number of carbonyl (C=O) groups is 1. The molecular weight excluding hydrogens is 285 g/mol. The Morgan fingerprint density at radius 1 is 1.32 bits per heavy atom. The van der Waals surface area contributed by atoms with E-state index in [0.717, 1.165) is 12.1 Å². The Balaban J connectivity index is 2.36. The summed E-state index contributed by atoms with van der Waals surface area (Å²) in [4.78, 5) is 14.1. The minimum absolute atomic E-state index is 0.257. The fraction of sp³-hybridized carbons (Fsp3) is 0.375. The molecule has 0 unspecified atom stereocenters. The largest absolute Gasteiger partial charge is 0.461 e. The van der Waals surface area contributed by atoms with Crippen LogP contribution < -0.4 is 0 Å². The van der Waals surface area contributed by atoms with Crippen molar-refractivity contribution >= 4 is 5.97 Å². The van der Waals surface area contributed by atoms with E-state index in [0.29, 0.717) is 12.1 Å². The highest BCUT2D eigenvalue weighted by Crippen LogP contribution is 2.24. The molecule has 0 aliphatic carbocycles. The van der Waals surface area contributed by atoms with Crippen molar-refractivity contribution in [2.24, 2.45) is 0 Å². The molecule has 22 heavy (non-hydrogen) atoms. The maximum absolute atomic E-state index is 13.1. The van der Waals surface area contributed by atoms with Crippen LogP contribution >= 0.6 is 0 Å². The van der Waals surface area contributed by atoms with Gasteiger partial charge in [-0.15, -0.1) is 0 Å². The number of hydrogen-bond donors (Lipinski definition) is 0. The van der Waals surface area contributed by atoms with E-state index in [1.807, 2.05) is 19.0 Å². The molecule has 6 heteroatoms. The summed E-state index contributed by atoms with van der Waals surface area (Å²) in [5, 5.41) is 4.32. The van der Waals surface area contributed by atoms with Crippen molar-refractivity contribution in [2.75, 3.05) is 27.2 Å². The number of hydrogen-bond acceptors (Lipinski definition) is 4. The number of aromatic nitrogens is 2. The molecule has 0 saturated heterocycles. The van der Waals surface area contributed by atoms with Crippen LogP contribution in [0.15, 0.2) is 30.5 Å². The molecule has 0 atom stereocenters. The second-order valence-corrected chi connectivity index (χ2v) is 5.19. The van der Waals surface area contributed by atoms with Crippen LogP contribution in [0.2, 0.25) is 0 Å². The maximum atomic E-state index is 13.1. The zero-order valence-electron chi connectivity index (χ0n) is 13.0. The predicted octanol–water partition coefficient (Wildman–Crippen LogP) is 2.43. The molecule has 1 heterocycles. The molecule has 118 valence electrons. The predicted molar refractivity (Wildman–Crippen MR) is 82.1 cm³/mol. The first-order valence-electron chi connectivity index (χ1n) is 7.16. The Morgan fingerprint density at radius 2 is 2.00 bits per heavy atom. The number of nitrogens with zero attached hydrogens (tertiary/aromatic N) is 3. The normalized spacial score (nSPS) is 11.0. The van der Waals surface area contributed by atoms with Gasteiger partial charge in [0, 0.05) is 18.3 Å². The highest BCUT2D eigenvalue weighted by Gasteiger charge is 2.19. The van der Waals surface area contributed by atoms with Gasteiger partial charge in [0.05, 0.1) is 13.2 Å². The van der Waals surface area contributed by atoms with E-state index < -0.39 is 5.97 Å². The average molecular weight is 305 g/mol. The quantitative estimate of drug-likeness (QED) is 0.769. The van der Waals surface area contributed by atoms with Crippen molar-refractivity contribution in [3.05, 3.63) is 42.0 Å². The van der Waals surface area contributed by atoms with Gasteiger partial charge in [-0.1, -0.05) is 12.1 Å². The third-order valence-electron chi connectivity index (χ3n) is 3.16. The molecule has 2 aromatic rings. The minimum atomic E-state index is -0.467. The molecular formula is C16H20FN3O2. The third-order valence-corrected chi connectivity index (χ3v) is 3.16. The van der Waals surface area contributed by atoms with Crippen LogP contribution in [-0.2, 0) is 11.3 Å². The maximum Gasteiger partial charge on any atom is 0.359 e. The van der Waals surface area contributed by atoms with Gasteiger partial charge < -0.3 is 9.64 Å². The molecule has 5 nitrogen and oxygen atoms in total.